The van der Waals surface area contributed by atoms with Crippen LogP contribution in [0.25, 0.3) is 0 Å². The third kappa shape index (κ3) is 5.12. The van der Waals surface area contributed by atoms with Crippen LogP contribution in [-0.4, -0.2) is 24.6 Å². The molecule has 2 aromatic rings. The summed E-state index contributed by atoms with van der Waals surface area (Å²) in [6, 6.07) is 15.8. The van der Waals surface area contributed by atoms with Gasteiger partial charge in [-0.1, -0.05) is 48.5 Å². The molecule has 24 heavy (non-hydrogen) atoms. The quantitative estimate of drug-likeness (QED) is 0.801. The number of urea groups is 1. The van der Waals surface area contributed by atoms with Gasteiger partial charge in [0.1, 0.15) is 6.04 Å². The lowest BCUT2D eigenvalue weighted by Crippen LogP contribution is -2.45. The van der Waals surface area contributed by atoms with Gasteiger partial charge in [0.15, 0.2) is 0 Å². The van der Waals surface area contributed by atoms with Crippen LogP contribution >= 0.6 is 0 Å². The van der Waals surface area contributed by atoms with Crippen LogP contribution in [0, 0.1) is 6.92 Å². The molecule has 0 aromatic heterocycles. The number of carbonyl (C=O) groups is 2. The third-order valence-electron chi connectivity index (χ3n) is 3.55. The van der Waals surface area contributed by atoms with Crippen LogP contribution in [0.2, 0.25) is 0 Å². The zero-order chi connectivity index (χ0) is 17.4. The fourth-order valence-electron chi connectivity index (χ4n) is 2.32. The summed E-state index contributed by atoms with van der Waals surface area (Å²) in [5, 5.41) is 5.47. The first-order valence-electron chi connectivity index (χ1n) is 7.94. The Hall–Kier alpha value is -2.82. The molecule has 0 aliphatic rings. The van der Waals surface area contributed by atoms with Crippen molar-refractivity contribution in [3.8, 4) is 0 Å². The Morgan fingerprint density at radius 2 is 1.71 bits per heavy atom. The van der Waals surface area contributed by atoms with Crippen molar-refractivity contribution in [2.24, 2.45) is 0 Å². The Balaban J connectivity index is 2.05. The highest BCUT2D eigenvalue weighted by atomic mass is 16.5. The molecule has 5 heteroatoms. The first kappa shape index (κ1) is 17.5. The second kappa shape index (κ2) is 8.72. The number of esters is 1. The highest BCUT2D eigenvalue weighted by molar-refractivity contribution is 5.93. The summed E-state index contributed by atoms with van der Waals surface area (Å²) in [5.74, 6) is -0.443. The van der Waals surface area contributed by atoms with Gasteiger partial charge in [-0.15, -0.1) is 0 Å². The number of ether oxygens (including phenoxy) is 1. The topological polar surface area (TPSA) is 67.4 Å². The van der Waals surface area contributed by atoms with Gasteiger partial charge in [-0.2, -0.15) is 0 Å². The van der Waals surface area contributed by atoms with Crippen LogP contribution in [0.15, 0.2) is 54.6 Å². The maximum Gasteiger partial charge on any atom is 0.329 e. The summed E-state index contributed by atoms with van der Waals surface area (Å²) in [4.78, 5) is 24.4. The standard InChI is InChI=1S/C19H22N2O3/c1-3-24-18(22)17(13-15-10-5-4-6-11-15)21-19(23)20-16-12-8-7-9-14(16)2/h4-12,17H,3,13H2,1-2H3,(H2,20,21,23). The average Bonchev–Trinajstić information content (AvgIpc) is 2.57. The van der Waals surface area contributed by atoms with Crippen LogP contribution in [0.4, 0.5) is 10.5 Å². The van der Waals surface area contributed by atoms with E-state index in [2.05, 4.69) is 10.6 Å². The normalized spacial score (nSPS) is 11.4. The molecule has 0 saturated heterocycles. The van der Waals surface area contributed by atoms with Gasteiger partial charge < -0.3 is 15.4 Å². The molecule has 0 fully saturated rings. The lowest BCUT2D eigenvalue weighted by atomic mass is 10.1. The van der Waals surface area contributed by atoms with Gasteiger partial charge in [0.25, 0.3) is 0 Å². The number of hydrogen-bond acceptors (Lipinski definition) is 3. The number of aryl methyl sites for hydroxylation is 1. The minimum absolute atomic E-state index is 0.269. The van der Waals surface area contributed by atoms with E-state index in [9.17, 15) is 9.59 Å². The first-order chi connectivity index (χ1) is 11.6. The first-order valence-corrected chi connectivity index (χ1v) is 7.94. The van der Waals surface area contributed by atoms with Crippen LogP contribution in [0.1, 0.15) is 18.1 Å². The van der Waals surface area contributed by atoms with Gasteiger partial charge in [-0.3, -0.25) is 0 Å². The van der Waals surface area contributed by atoms with E-state index in [0.717, 1.165) is 11.1 Å². The molecule has 0 aliphatic carbocycles. The maximum atomic E-state index is 12.2. The van der Waals surface area contributed by atoms with E-state index in [0.29, 0.717) is 12.1 Å². The number of carbonyl (C=O) groups excluding carboxylic acids is 2. The van der Waals surface area contributed by atoms with E-state index >= 15 is 0 Å². The van der Waals surface area contributed by atoms with Crippen molar-refractivity contribution < 1.29 is 14.3 Å². The Kier molecular flexibility index (Phi) is 6.37. The number of nitrogens with one attached hydrogen (secondary N) is 2. The van der Waals surface area contributed by atoms with E-state index in [1.165, 1.54) is 0 Å². The summed E-state index contributed by atoms with van der Waals surface area (Å²) >= 11 is 0. The van der Waals surface area contributed by atoms with E-state index in [-0.39, 0.29) is 6.61 Å². The Morgan fingerprint density at radius 1 is 1.04 bits per heavy atom. The molecule has 126 valence electrons. The van der Waals surface area contributed by atoms with Gasteiger partial charge in [0.05, 0.1) is 6.61 Å². The predicted octanol–water partition coefficient (Wildman–Crippen LogP) is 3.29. The Morgan fingerprint density at radius 3 is 2.38 bits per heavy atom. The molecular formula is C19H22N2O3. The molecule has 0 bridgehead atoms. The van der Waals surface area contributed by atoms with Crippen LogP contribution < -0.4 is 10.6 Å². The van der Waals surface area contributed by atoms with Crippen molar-refractivity contribution in [3.63, 3.8) is 0 Å². The summed E-state index contributed by atoms with van der Waals surface area (Å²) in [7, 11) is 0. The monoisotopic (exact) mass is 326 g/mol. The average molecular weight is 326 g/mol. The summed E-state index contributed by atoms with van der Waals surface area (Å²) in [6.07, 6.45) is 0.376. The van der Waals surface area contributed by atoms with Crippen molar-refractivity contribution in [1.82, 2.24) is 5.32 Å². The largest absolute Gasteiger partial charge is 0.464 e. The lowest BCUT2D eigenvalue weighted by Gasteiger charge is -2.18. The van der Waals surface area contributed by atoms with E-state index in [1.807, 2.05) is 61.5 Å². The van der Waals surface area contributed by atoms with Crippen LogP contribution in [-0.2, 0) is 16.0 Å². The molecule has 0 saturated carbocycles. The SMILES string of the molecule is CCOC(=O)C(Cc1ccccc1)NC(=O)Nc1ccccc1C. The lowest BCUT2D eigenvalue weighted by molar-refractivity contribution is -0.145. The maximum absolute atomic E-state index is 12.2. The van der Waals surface area contributed by atoms with Gasteiger partial charge in [-0.05, 0) is 31.0 Å². The van der Waals surface area contributed by atoms with E-state index in [1.54, 1.807) is 6.92 Å². The second-order valence-electron chi connectivity index (χ2n) is 5.41. The number of para-hydroxylation sites is 1. The molecule has 0 aliphatic heterocycles. The molecule has 2 amide bonds. The van der Waals surface area contributed by atoms with Gasteiger partial charge in [0, 0.05) is 12.1 Å². The van der Waals surface area contributed by atoms with Crippen LogP contribution in [0.3, 0.4) is 0 Å². The predicted molar refractivity (Wildman–Crippen MR) is 93.9 cm³/mol. The number of amides is 2. The number of anilines is 1. The second-order valence-corrected chi connectivity index (χ2v) is 5.41. The molecule has 0 heterocycles. The zero-order valence-corrected chi connectivity index (χ0v) is 13.9. The van der Waals surface area contributed by atoms with Crippen molar-refractivity contribution in [2.45, 2.75) is 26.3 Å². The van der Waals surface area contributed by atoms with Gasteiger partial charge in [0.2, 0.25) is 0 Å². The number of benzene rings is 2. The molecule has 5 nitrogen and oxygen atoms in total. The number of rotatable bonds is 6. The van der Waals surface area contributed by atoms with Crippen molar-refractivity contribution in [3.05, 3.63) is 65.7 Å². The molecule has 1 atom stereocenters. The molecule has 2 rings (SSSR count). The van der Waals surface area contributed by atoms with Crippen molar-refractivity contribution in [2.75, 3.05) is 11.9 Å². The number of hydrogen-bond donors (Lipinski definition) is 2. The summed E-state index contributed by atoms with van der Waals surface area (Å²) in [5.41, 5.74) is 2.60. The smallest absolute Gasteiger partial charge is 0.329 e. The van der Waals surface area contributed by atoms with Crippen molar-refractivity contribution in [1.29, 1.82) is 0 Å². The minimum Gasteiger partial charge on any atom is -0.464 e. The molecule has 0 radical (unpaired) electrons. The highest BCUT2D eigenvalue weighted by Gasteiger charge is 2.22. The van der Waals surface area contributed by atoms with E-state index < -0.39 is 18.0 Å². The van der Waals surface area contributed by atoms with Crippen molar-refractivity contribution >= 4 is 17.7 Å². The Labute approximate surface area is 142 Å². The van der Waals surface area contributed by atoms with E-state index in [4.69, 9.17) is 4.74 Å². The minimum atomic E-state index is -0.739. The zero-order valence-electron chi connectivity index (χ0n) is 13.9. The molecule has 0 spiro atoms. The molecule has 2 N–H and O–H groups in total. The fraction of sp³-hybridized carbons (Fsp3) is 0.263. The van der Waals surface area contributed by atoms with Gasteiger partial charge in [-0.25, -0.2) is 9.59 Å². The molecule has 2 aromatic carbocycles. The highest BCUT2D eigenvalue weighted by Crippen LogP contribution is 2.13. The molecular weight excluding hydrogens is 304 g/mol. The Bertz CT molecular complexity index is 686. The third-order valence-corrected chi connectivity index (χ3v) is 3.55. The fourth-order valence-corrected chi connectivity index (χ4v) is 2.32. The summed E-state index contributed by atoms with van der Waals surface area (Å²) in [6.45, 7) is 3.92. The van der Waals surface area contributed by atoms with Crippen LogP contribution in [0.5, 0.6) is 0 Å². The van der Waals surface area contributed by atoms with Gasteiger partial charge >= 0.3 is 12.0 Å². The summed E-state index contributed by atoms with van der Waals surface area (Å²) < 4.78 is 5.07. The molecule has 1 unspecified atom stereocenters.